The molecule has 0 unspecified atom stereocenters. The summed E-state index contributed by atoms with van der Waals surface area (Å²) < 4.78 is 5.20. The van der Waals surface area contributed by atoms with Gasteiger partial charge in [-0.25, -0.2) is 0 Å². The number of fused-ring (bicyclic) bond motifs is 1. The van der Waals surface area contributed by atoms with Gasteiger partial charge in [-0.1, -0.05) is 18.2 Å². The fourth-order valence-electron chi connectivity index (χ4n) is 1.30. The topological polar surface area (TPSA) is 56.2 Å². The molecule has 3 heteroatoms. The van der Waals surface area contributed by atoms with E-state index < -0.39 is 0 Å². The molecule has 13 heavy (non-hydrogen) atoms. The summed E-state index contributed by atoms with van der Waals surface area (Å²) in [6.07, 6.45) is 1.46. The first kappa shape index (κ1) is 8.01. The van der Waals surface area contributed by atoms with E-state index in [0.717, 1.165) is 11.0 Å². The SMILES string of the molecule is NCC(=O)c1coc2ccccc12. The van der Waals surface area contributed by atoms with Crippen LogP contribution in [0.4, 0.5) is 0 Å². The van der Waals surface area contributed by atoms with Crippen LogP contribution in [-0.2, 0) is 0 Å². The van der Waals surface area contributed by atoms with Crippen molar-refractivity contribution in [3.8, 4) is 0 Å². The van der Waals surface area contributed by atoms with Crippen molar-refractivity contribution in [1.29, 1.82) is 0 Å². The zero-order valence-electron chi connectivity index (χ0n) is 6.99. The number of benzene rings is 1. The molecule has 66 valence electrons. The van der Waals surface area contributed by atoms with Crippen LogP contribution in [0.1, 0.15) is 10.4 Å². The predicted octanol–water partition coefficient (Wildman–Crippen LogP) is 1.57. The molecule has 0 saturated heterocycles. The second kappa shape index (κ2) is 3.03. The molecule has 0 aliphatic rings. The summed E-state index contributed by atoms with van der Waals surface area (Å²) >= 11 is 0. The maximum atomic E-state index is 11.3. The standard InChI is InChI=1S/C10H9NO2/c11-5-9(12)8-6-13-10-4-2-1-3-7(8)10/h1-4,6H,5,11H2. The minimum atomic E-state index is -0.0926. The molecular weight excluding hydrogens is 166 g/mol. The van der Waals surface area contributed by atoms with Gasteiger partial charge in [-0.05, 0) is 6.07 Å². The Morgan fingerprint density at radius 3 is 2.92 bits per heavy atom. The van der Waals surface area contributed by atoms with E-state index in [1.54, 1.807) is 0 Å². The Morgan fingerprint density at radius 2 is 2.15 bits per heavy atom. The van der Waals surface area contributed by atoms with Crippen molar-refractivity contribution in [3.63, 3.8) is 0 Å². The van der Waals surface area contributed by atoms with Gasteiger partial charge in [-0.2, -0.15) is 0 Å². The zero-order chi connectivity index (χ0) is 9.26. The third-order valence-electron chi connectivity index (χ3n) is 1.97. The van der Waals surface area contributed by atoms with E-state index in [0.29, 0.717) is 5.56 Å². The molecule has 1 aromatic carbocycles. The molecule has 0 bridgehead atoms. The lowest BCUT2D eigenvalue weighted by atomic mass is 10.1. The van der Waals surface area contributed by atoms with Gasteiger partial charge in [0.2, 0.25) is 0 Å². The Labute approximate surface area is 75.1 Å². The van der Waals surface area contributed by atoms with Crippen LogP contribution in [-0.4, -0.2) is 12.3 Å². The summed E-state index contributed by atoms with van der Waals surface area (Å²) in [6, 6.07) is 7.40. The van der Waals surface area contributed by atoms with Gasteiger partial charge in [-0.15, -0.1) is 0 Å². The Kier molecular flexibility index (Phi) is 1.87. The van der Waals surface area contributed by atoms with Crippen molar-refractivity contribution >= 4 is 16.8 Å². The van der Waals surface area contributed by atoms with Gasteiger partial charge in [0.1, 0.15) is 11.8 Å². The average Bonchev–Trinajstić information content (AvgIpc) is 2.60. The Balaban J connectivity index is 2.64. The highest BCUT2D eigenvalue weighted by Gasteiger charge is 2.10. The molecule has 2 aromatic rings. The number of carbonyl (C=O) groups excluding carboxylic acids is 1. The monoisotopic (exact) mass is 175 g/mol. The molecule has 1 aromatic heterocycles. The number of Topliss-reactive ketones (excluding diaryl/α,β-unsaturated/α-hetero) is 1. The Bertz CT molecular complexity index is 445. The third-order valence-corrected chi connectivity index (χ3v) is 1.97. The quantitative estimate of drug-likeness (QED) is 0.705. The predicted molar refractivity (Wildman–Crippen MR) is 49.6 cm³/mol. The smallest absolute Gasteiger partial charge is 0.180 e. The lowest BCUT2D eigenvalue weighted by Crippen LogP contribution is -2.12. The van der Waals surface area contributed by atoms with Crippen molar-refractivity contribution in [1.82, 2.24) is 0 Å². The molecular formula is C10H9NO2. The van der Waals surface area contributed by atoms with Crippen molar-refractivity contribution in [2.75, 3.05) is 6.54 Å². The minimum absolute atomic E-state index is 0.0174. The van der Waals surface area contributed by atoms with Crippen LogP contribution in [0.15, 0.2) is 34.9 Å². The van der Waals surface area contributed by atoms with Gasteiger partial charge in [0.05, 0.1) is 12.1 Å². The Morgan fingerprint density at radius 1 is 1.38 bits per heavy atom. The van der Waals surface area contributed by atoms with Crippen LogP contribution in [0, 0.1) is 0 Å². The number of carbonyl (C=O) groups is 1. The van der Waals surface area contributed by atoms with Crippen LogP contribution < -0.4 is 5.73 Å². The number of ketones is 1. The first-order chi connectivity index (χ1) is 6.33. The van der Waals surface area contributed by atoms with E-state index in [1.807, 2.05) is 24.3 Å². The number of para-hydroxylation sites is 1. The van der Waals surface area contributed by atoms with Gasteiger partial charge in [0.25, 0.3) is 0 Å². The van der Waals surface area contributed by atoms with Gasteiger partial charge < -0.3 is 10.2 Å². The largest absolute Gasteiger partial charge is 0.464 e. The number of hydrogen-bond acceptors (Lipinski definition) is 3. The summed E-state index contributed by atoms with van der Waals surface area (Å²) in [5.74, 6) is -0.0926. The third kappa shape index (κ3) is 1.23. The summed E-state index contributed by atoms with van der Waals surface area (Å²) in [4.78, 5) is 11.3. The molecule has 2 rings (SSSR count). The lowest BCUT2D eigenvalue weighted by Gasteiger charge is -1.91. The van der Waals surface area contributed by atoms with E-state index >= 15 is 0 Å². The maximum absolute atomic E-state index is 11.3. The molecule has 0 spiro atoms. The fourth-order valence-corrected chi connectivity index (χ4v) is 1.30. The summed E-state index contributed by atoms with van der Waals surface area (Å²) in [5.41, 5.74) is 6.55. The number of rotatable bonds is 2. The highest BCUT2D eigenvalue weighted by molar-refractivity contribution is 6.07. The van der Waals surface area contributed by atoms with Gasteiger partial charge in [0.15, 0.2) is 5.78 Å². The van der Waals surface area contributed by atoms with Gasteiger partial charge in [0, 0.05) is 5.39 Å². The highest BCUT2D eigenvalue weighted by atomic mass is 16.3. The first-order valence-corrected chi connectivity index (χ1v) is 4.02. The van der Waals surface area contributed by atoms with Gasteiger partial charge in [-0.3, -0.25) is 4.79 Å². The molecule has 2 N–H and O–H groups in total. The first-order valence-electron chi connectivity index (χ1n) is 4.02. The normalized spacial score (nSPS) is 10.5. The van der Waals surface area contributed by atoms with E-state index in [9.17, 15) is 4.79 Å². The van der Waals surface area contributed by atoms with Crippen LogP contribution in [0.5, 0.6) is 0 Å². The van der Waals surface area contributed by atoms with Crippen LogP contribution in [0.2, 0.25) is 0 Å². The second-order valence-electron chi connectivity index (χ2n) is 2.77. The maximum Gasteiger partial charge on any atom is 0.180 e. The van der Waals surface area contributed by atoms with Crippen molar-refractivity contribution in [2.45, 2.75) is 0 Å². The number of nitrogens with two attached hydrogens (primary N) is 1. The fraction of sp³-hybridized carbons (Fsp3) is 0.100. The van der Waals surface area contributed by atoms with E-state index in [1.165, 1.54) is 6.26 Å². The minimum Gasteiger partial charge on any atom is -0.464 e. The molecule has 1 heterocycles. The van der Waals surface area contributed by atoms with E-state index in [4.69, 9.17) is 10.2 Å². The lowest BCUT2D eigenvalue weighted by molar-refractivity contribution is 0.100. The summed E-state index contributed by atoms with van der Waals surface area (Å²) in [5, 5.41) is 0.831. The molecule has 0 atom stereocenters. The van der Waals surface area contributed by atoms with Crippen LogP contribution in [0.25, 0.3) is 11.0 Å². The summed E-state index contributed by atoms with van der Waals surface area (Å²) in [7, 11) is 0. The second-order valence-corrected chi connectivity index (χ2v) is 2.77. The van der Waals surface area contributed by atoms with Crippen molar-refractivity contribution in [3.05, 3.63) is 36.1 Å². The molecule has 0 aliphatic carbocycles. The van der Waals surface area contributed by atoms with Crippen molar-refractivity contribution in [2.24, 2.45) is 5.73 Å². The zero-order valence-corrected chi connectivity index (χ0v) is 6.99. The van der Waals surface area contributed by atoms with Gasteiger partial charge >= 0.3 is 0 Å². The Hall–Kier alpha value is -1.61. The molecule has 0 radical (unpaired) electrons. The number of furan rings is 1. The van der Waals surface area contributed by atoms with Crippen molar-refractivity contribution < 1.29 is 9.21 Å². The number of hydrogen-bond donors (Lipinski definition) is 1. The molecule has 0 amide bonds. The highest BCUT2D eigenvalue weighted by Crippen LogP contribution is 2.20. The van der Waals surface area contributed by atoms with Crippen LogP contribution in [0.3, 0.4) is 0 Å². The van der Waals surface area contributed by atoms with Crippen LogP contribution >= 0.6 is 0 Å². The van der Waals surface area contributed by atoms with E-state index in [-0.39, 0.29) is 12.3 Å². The molecule has 3 nitrogen and oxygen atoms in total. The molecule has 0 aliphatic heterocycles. The molecule has 0 saturated carbocycles. The summed E-state index contributed by atoms with van der Waals surface area (Å²) in [6.45, 7) is 0.0174. The van der Waals surface area contributed by atoms with E-state index in [2.05, 4.69) is 0 Å². The molecule has 0 fully saturated rings. The average molecular weight is 175 g/mol.